The second kappa shape index (κ2) is 8.89. The molecule has 1 aliphatic heterocycles. The van der Waals surface area contributed by atoms with Crippen LogP contribution in [0.3, 0.4) is 0 Å². The van der Waals surface area contributed by atoms with Crippen molar-refractivity contribution in [1.82, 2.24) is 14.8 Å². The standard InChI is InChI=1S/C27H30N4O5/c1-27(2)13-20-23(21(32)14-27)24(19-8-7-16(33-3)12-22(19)36-6)31-26(28-20)29-25(30-31)15-9-17(34-4)11-18(10-15)35-5/h7-12,24H,13-14H2,1-6H3,(H,28,29,30). The molecular formula is C27H30N4O5. The van der Waals surface area contributed by atoms with Gasteiger partial charge in [-0.05, 0) is 36.1 Å². The zero-order valence-electron chi connectivity index (χ0n) is 21.3. The number of aromatic nitrogens is 3. The number of ketones is 1. The quantitative estimate of drug-likeness (QED) is 0.534. The van der Waals surface area contributed by atoms with Gasteiger partial charge in [-0.1, -0.05) is 13.8 Å². The number of nitrogens with zero attached hydrogens (tertiary/aromatic N) is 3. The summed E-state index contributed by atoms with van der Waals surface area (Å²) in [6.45, 7) is 4.21. The van der Waals surface area contributed by atoms with Gasteiger partial charge in [0.2, 0.25) is 5.95 Å². The van der Waals surface area contributed by atoms with Gasteiger partial charge in [0.1, 0.15) is 29.0 Å². The number of hydrogen-bond donors (Lipinski definition) is 1. The van der Waals surface area contributed by atoms with Gasteiger partial charge in [-0.3, -0.25) is 4.79 Å². The summed E-state index contributed by atoms with van der Waals surface area (Å²) >= 11 is 0. The maximum Gasteiger partial charge on any atom is 0.226 e. The van der Waals surface area contributed by atoms with E-state index in [9.17, 15) is 4.79 Å². The Balaban J connectivity index is 1.70. The number of hydrogen-bond acceptors (Lipinski definition) is 8. The lowest BCUT2D eigenvalue weighted by atomic mass is 9.73. The summed E-state index contributed by atoms with van der Waals surface area (Å²) < 4.78 is 23.8. The molecule has 0 radical (unpaired) electrons. The van der Waals surface area contributed by atoms with Crippen molar-refractivity contribution in [2.24, 2.45) is 5.41 Å². The summed E-state index contributed by atoms with van der Waals surface area (Å²) in [6.07, 6.45) is 1.17. The first-order chi connectivity index (χ1) is 17.3. The van der Waals surface area contributed by atoms with Gasteiger partial charge in [0.15, 0.2) is 11.6 Å². The molecule has 0 bridgehead atoms. The van der Waals surface area contributed by atoms with Crippen LogP contribution in [-0.2, 0) is 4.79 Å². The monoisotopic (exact) mass is 490 g/mol. The van der Waals surface area contributed by atoms with Crippen LogP contribution in [0.25, 0.3) is 11.4 Å². The molecule has 3 aromatic rings. The van der Waals surface area contributed by atoms with Crippen molar-refractivity contribution < 1.29 is 23.7 Å². The predicted molar refractivity (Wildman–Crippen MR) is 135 cm³/mol. The number of methoxy groups -OCH3 is 4. The molecule has 2 aliphatic rings. The minimum absolute atomic E-state index is 0.0855. The van der Waals surface area contributed by atoms with Crippen LogP contribution >= 0.6 is 0 Å². The summed E-state index contributed by atoms with van der Waals surface area (Å²) in [5, 5.41) is 8.28. The summed E-state index contributed by atoms with van der Waals surface area (Å²) in [7, 11) is 6.42. The van der Waals surface area contributed by atoms with E-state index in [1.165, 1.54) is 0 Å². The third kappa shape index (κ3) is 4.04. The minimum atomic E-state index is -0.505. The second-order valence-corrected chi connectivity index (χ2v) is 9.77. The Hall–Kier alpha value is -4.01. The normalized spacial score (nSPS) is 18.2. The SMILES string of the molecule is COc1cc(OC)cc(-c2nc3n(n2)C(c2ccc(OC)cc2OC)C2=C(CC(C)(C)CC2=O)N3)c1. The number of nitrogens with one attached hydrogen (secondary N) is 1. The number of allylic oxidation sites excluding steroid dienone is 2. The number of benzene rings is 2. The van der Waals surface area contributed by atoms with Crippen LogP contribution in [0.1, 0.15) is 38.3 Å². The molecule has 36 heavy (non-hydrogen) atoms. The lowest BCUT2D eigenvalue weighted by molar-refractivity contribution is -0.118. The molecule has 0 saturated carbocycles. The molecule has 5 rings (SSSR count). The predicted octanol–water partition coefficient (Wildman–Crippen LogP) is 4.64. The molecule has 1 atom stereocenters. The van der Waals surface area contributed by atoms with Gasteiger partial charge in [0.05, 0.1) is 28.4 Å². The van der Waals surface area contributed by atoms with Gasteiger partial charge in [-0.2, -0.15) is 4.98 Å². The first-order valence-corrected chi connectivity index (χ1v) is 11.7. The molecule has 0 fully saturated rings. The van der Waals surface area contributed by atoms with Crippen molar-refractivity contribution in [2.75, 3.05) is 33.8 Å². The number of carbonyl (C=O) groups is 1. The molecule has 9 heteroatoms. The number of anilines is 1. The van der Waals surface area contributed by atoms with E-state index >= 15 is 0 Å². The van der Waals surface area contributed by atoms with E-state index in [0.717, 1.165) is 23.2 Å². The molecule has 2 aromatic carbocycles. The van der Waals surface area contributed by atoms with Crippen molar-refractivity contribution in [2.45, 2.75) is 32.7 Å². The Bertz CT molecular complexity index is 1350. The topological polar surface area (TPSA) is 96.7 Å². The fourth-order valence-corrected chi connectivity index (χ4v) is 5.00. The molecule has 2 heterocycles. The van der Waals surface area contributed by atoms with E-state index in [-0.39, 0.29) is 11.2 Å². The highest BCUT2D eigenvalue weighted by atomic mass is 16.5. The summed E-state index contributed by atoms with van der Waals surface area (Å²) in [5.74, 6) is 3.66. The summed E-state index contributed by atoms with van der Waals surface area (Å²) in [6, 6.07) is 10.6. The Morgan fingerprint density at radius 1 is 0.917 bits per heavy atom. The van der Waals surface area contributed by atoms with Crippen LogP contribution in [0.15, 0.2) is 47.7 Å². The third-order valence-electron chi connectivity index (χ3n) is 6.68. The van der Waals surface area contributed by atoms with E-state index in [0.29, 0.717) is 46.8 Å². The molecule has 188 valence electrons. The average Bonchev–Trinajstić information content (AvgIpc) is 3.29. The molecule has 1 aliphatic carbocycles. The van der Waals surface area contributed by atoms with Crippen LogP contribution in [0, 0.1) is 5.41 Å². The highest BCUT2D eigenvalue weighted by Crippen LogP contribution is 2.47. The van der Waals surface area contributed by atoms with E-state index in [2.05, 4.69) is 19.2 Å². The van der Waals surface area contributed by atoms with E-state index in [4.69, 9.17) is 29.0 Å². The summed E-state index contributed by atoms with van der Waals surface area (Å²) in [4.78, 5) is 18.4. The Morgan fingerprint density at radius 3 is 2.25 bits per heavy atom. The zero-order valence-corrected chi connectivity index (χ0v) is 21.3. The Morgan fingerprint density at radius 2 is 1.61 bits per heavy atom. The molecule has 1 N–H and O–H groups in total. The van der Waals surface area contributed by atoms with Crippen LogP contribution in [0.5, 0.6) is 23.0 Å². The lowest BCUT2D eigenvalue weighted by Gasteiger charge is -2.38. The van der Waals surface area contributed by atoms with Crippen molar-refractivity contribution in [1.29, 1.82) is 0 Å². The van der Waals surface area contributed by atoms with Crippen LogP contribution < -0.4 is 24.3 Å². The van der Waals surface area contributed by atoms with Gasteiger partial charge in [-0.25, -0.2) is 4.68 Å². The number of carbonyl (C=O) groups excluding carboxylic acids is 1. The van der Waals surface area contributed by atoms with E-state index < -0.39 is 6.04 Å². The Labute approximate surface area is 210 Å². The molecule has 9 nitrogen and oxygen atoms in total. The van der Waals surface area contributed by atoms with E-state index in [1.807, 2.05) is 30.3 Å². The third-order valence-corrected chi connectivity index (χ3v) is 6.68. The van der Waals surface area contributed by atoms with E-state index in [1.54, 1.807) is 39.2 Å². The molecule has 1 aromatic heterocycles. The molecule has 0 amide bonds. The highest BCUT2D eigenvalue weighted by Gasteiger charge is 2.42. The van der Waals surface area contributed by atoms with Crippen molar-refractivity contribution in [3.63, 3.8) is 0 Å². The van der Waals surface area contributed by atoms with Gasteiger partial charge in [-0.15, -0.1) is 5.10 Å². The minimum Gasteiger partial charge on any atom is -0.497 e. The first-order valence-electron chi connectivity index (χ1n) is 11.7. The van der Waals surface area contributed by atoms with Crippen LogP contribution in [0.2, 0.25) is 0 Å². The lowest BCUT2D eigenvalue weighted by Crippen LogP contribution is -2.36. The average molecular weight is 491 g/mol. The van der Waals surface area contributed by atoms with Crippen molar-refractivity contribution in [3.8, 4) is 34.4 Å². The van der Waals surface area contributed by atoms with Crippen molar-refractivity contribution in [3.05, 3.63) is 53.2 Å². The fraction of sp³-hybridized carbons (Fsp3) is 0.370. The maximum atomic E-state index is 13.5. The number of rotatable bonds is 6. The molecule has 0 saturated heterocycles. The van der Waals surface area contributed by atoms with Crippen molar-refractivity contribution >= 4 is 11.7 Å². The smallest absolute Gasteiger partial charge is 0.226 e. The maximum absolute atomic E-state index is 13.5. The number of ether oxygens (including phenoxy) is 4. The fourth-order valence-electron chi connectivity index (χ4n) is 5.00. The molecule has 1 unspecified atom stereocenters. The first kappa shape index (κ1) is 23.7. The summed E-state index contributed by atoms with van der Waals surface area (Å²) in [5.41, 5.74) is 2.93. The highest BCUT2D eigenvalue weighted by molar-refractivity contribution is 6.00. The van der Waals surface area contributed by atoms with Gasteiger partial charge < -0.3 is 24.3 Å². The largest absolute Gasteiger partial charge is 0.497 e. The number of Topliss-reactive ketones (excluding diaryl/α,β-unsaturated/α-hetero) is 1. The van der Waals surface area contributed by atoms with Gasteiger partial charge in [0.25, 0.3) is 0 Å². The zero-order chi connectivity index (χ0) is 25.6. The van der Waals surface area contributed by atoms with Crippen LogP contribution in [-0.4, -0.2) is 49.0 Å². The molecular weight excluding hydrogens is 460 g/mol. The van der Waals surface area contributed by atoms with Crippen LogP contribution in [0.4, 0.5) is 5.95 Å². The number of fused-ring (bicyclic) bond motifs is 1. The second-order valence-electron chi connectivity index (χ2n) is 9.77. The van der Waals surface area contributed by atoms with Gasteiger partial charge >= 0.3 is 0 Å². The molecule has 0 spiro atoms. The Kier molecular flexibility index (Phi) is 5.86. The van der Waals surface area contributed by atoms with Gasteiger partial charge in [0, 0.05) is 41.0 Å².